The van der Waals surface area contributed by atoms with Crippen LogP contribution in [0.5, 0.6) is 0 Å². The Morgan fingerprint density at radius 3 is 2.95 bits per heavy atom. The molecule has 108 valence electrons. The molecule has 1 saturated carbocycles. The summed E-state index contributed by atoms with van der Waals surface area (Å²) in [7, 11) is 0. The van der Waals surface area contributed by atoms with Crippen LogP contribution in [0.1, 0.15) is 42.4 Å². The van der Waals surface area contributed by atoms with Gasteiger partial charge >= 0.3 is 0 Å². The smallest absolute Gasteiger partial charge is 0.113 e. The molecule has 4 rings (SSSR count). The molecule has 3 nitrogen and oxygen atoms in total. The Hall–Kier alpha value is -1.81. The molecule has 2 N–H and O–H groups in total. The van der Waals surface area contributed by atoms with Gasteiger partial charge in [0.2, 0.25) is 0 Å². The van der Waals surface area contributed by atoms with Gasteiger partial charge in [-0.1, -0.05) is 6.07 Å². The van der Waals surface area contributed by atoms with Crippen LogP contribution in [0.4, 0.5) is 5.69 Å². The maximum absolute atomic E-state index is 5.91. The first-order chi connectivity index (χ1) is 10.2. The fourth-order valence-corrected chi connectivity index (χ4v) is 3.86. The number of aromatic nitrogens is 2. The summed E-state index contributed by atoms with van der Waals surface area (Å²) in [6.45, 7) is 2.29. The van der Waals surface area contributed by atoms with Crippen molar-refractivity contribution in [2.75, 3.05) is 5.73 Å². The highest BCUT2D eigenvalue weighted by Crippen LogP contribution is 2.42. The Labute approximate surface area is 128 Å². The van der Waals surface area contributed by atoms with E-state index in [1.165, 1.54) is 29.1 Å². The topological polar surface area (TPSA) is 43.8 Å². The predicted molar refractivity (Wildman–Crippen MR) is 88.9 cm³/mol. The van der Waals surface area contributed by atoms with E-state index in [-0.39, 0.29) is 0 Å². The van der Waals surface area contributed by atoms with Crippen molar-refractivity contribution in [3.63, 3.8) is 0 Å². The second kappa shape index (κ2) is 4.88. The normalized spacial score (nSPS) is 16.4. The van der Waals surface area contributed by atoms with E-state index in [0.29, 0.717) is 12.0 Å². The molecule has 2 heterocycles. The Bertz CT molecular complexity index is 769. The molecule has 0 spiro atoms. The minimum atomic E-state index is 0.424. The van der Waals surface area contributed by atoms with Gasteiger partial charge in [-0.15, -0.1) is 11.3 Å². The first-order valence-electron chi connectivity index (χ1n) is 7.52. The summed E-state index contributed by atoms with van der Waals surface area (Å²) in [4.78, 5) is 6.30. The molecule has 0 amide bonds. The van der Waals surface area contributed by atoms with Crippen molar-refractivity contribution in [2.24, 2.45) is 0 Å². The van der Waals surface area contributed by atoms with Crippen molar-refractivity contribution in [3.05, 3.63) is 46.4 Å². The number of nitrogen functional groups attached to an aromatic ring is 1. The molecule has 1 unspecified atom stereocenters. The highest BCUT2D eigenvalue weighted by Gasteiger charge is 2.31. The lowest BCUT2D eigenvalue weighted by molar-refractivity contribution is 0.539. The molecule has 21 heavy (non-hydrogen) atoms. The summed E-state index contributed by atoms with van der Waals surface area (Å²) >= 11 is 1.83. The van der Waals surface area contributed by atoms with Crippen LogP contribution in [0, 0.1) is 0 Å². The van der Waals surface area contributed by atoms with Gasteiger partial charge in [-0.25, -0.2) is 4.98 Å². The summed E-state index contributed by atoms with van der Waals surface area (Å²) < 4.78 is 2.44. The SMILES string of the molecule is CC(Cc1cccs1)n1c(C2CC2)nc2cc(N)ccc21. The minimum absolute atomic E-state index is 0.424. The van der Waals surface area contributed by atoms with Gasteiger partial charge in [0, 0.05) is 28.9 Å². The fourth-order valence-electron chi connectivity index (χ4n) is 3.04. The van der Waals surface area contributed by atoms with E-state index in [4.69, 9.17) is 10.7 Å². The number of nitrogens with zero attached hydrogens (tertiary/aromatic N) is 2. The van der Waals surface area contributed by atoms with E-state index in [2.05, 4.69) is 35.1 Å². The Morgan fingerprint density at radius 2 is 2.24 bits per heavy atom. The van der Waals surface area contributed by atoms with Crippen LogP contribution < -0.4 is 5.73 Å². The van der Waals surface area contributed by atoms with Crippen molar-refractivity contribution in [3.8, 4) is 0 Å². The van der Waals surface area contributed by atoms with Crippen molar-refractivity contribution in [1.29, 1.82) is 0 Å². The summed E-state index contributed by atoms with van der Waals surface area (Å²) in [5, 5.41) is 2.15. The molecule has 1 fully saturated rings. The number of anilines is 1. The largest absolute Gasteiger partial charge is 0.399 e. The zero-order valence-electron chi connectivity index (χ0n) is 12.1. The zero-order valence-corrected chi connectivity index (χ0v) is 12.9. The van der Waals surface area contributed by atoms with Crippen LogP contribution in [-0.4, -0.2) is 9.55 Å². The lowest BCUT2D eigenvalue weighted by Crippen LogP contribution is -2.11. The van der Waals surface area contributed by atoms with E-state index in [1.54, 1.807) is 0 Å². The van der Waals surface area contributed by atoms with Crippen LogP contribution in [0.2, 0.25) is 0 Å². The second-order valence-electron chi connectivity index (χ2n) is 5.99. The first-order valence-corrected chi connectivity index (χ1v) is 8.40. The maximum atomic E-state index is 5.91. The van der Waals surface area contributed by atoms with E-state index in [9.17, 15) is 0 Å². The third-order valence-electron chi connectivity index (χ3n) is 4.20. The number of rotatable bonds is 4. The number of nitrogens with two attached hydrogens (primary N) is 1. The van der Waals surface area contributed by atoms with Crippen LogP contribution in [-0.2, 0) is 6.42 Å². The molecule has 3 aromatic rings. The van der Waals surface area contributed by atoms with E-state index in [1.807, 2.05) is 23.5 Å². The van der Waals surface area contributed by atoms with Gasteiger partial charge < -0.3 is 10.3 Å². The van der Waals surface area contributed by atoms with Crippen LogP contribution >= 0.6 is 11.3 Å². The highest BCUT2D eigenvalue weighted by molar-refractivity contribution is 7.09. The molecule has 1 aromatic carbocycles. The zero-order chi connectivity index (χ0) is 14.4. The van der Waals surface area contributed by atoms with Gasteiger partial charge in [-0.2, -0.15) is 0 Å². The molecule has 2 aromatic heterocycles. The van der Waals surface area contributed by atoms with E-state index in [0.717, 1.165) is 17.6 Å². The van der Waals surface area contributed by atoms with E-state index < -0.39 is 0 Å². The van der Waals surface area contributed by atoms with Crippen molar-refractivity contribution >= 4 is 28.1 Å². The summed E-state index contributed by atoms with van der Waals surface area (Å²) in [5.74, 6) is 1.89. The number of benzene rings is 1. The lowest BCUT2D eigenvalue weighted by atomic mass is 10.2. The van der Waals surface area contributed by atoms with Gasteiger partial charge in [-0.05, 0) is 49.4 Å². The molecule has 1 aliphatic carbocycles. The Morgan fingerprint density at radius 1 is 1.38 bits per heavy atom. The third kappa shape index (κ3) is 2.33. The van der Waals surface area contributed by atoms with Gasteiger partial charge in [-0.3, -0.25) is 0 Å². The van der Waals surface area contributed by atoms with Crippen molar-refractivity contribution in [1.82, 2.24) is 9.55 Å². The summed E-state index contributed by atoms with van der Waals surface area (Å²) in [6, 6.07) is 10.9. The third-order valence-corrected chi connectivity index (χ3v) is 5.10. The quantitative estimate of drug-likeness (QED) is 0.727. The van der Waals surface area contributed by atoms with Gasteiger partial charge in [0.05, 0.1) is 11.0 Å². The fraction of sp³-hybridized carbons (Fsp3) is 0.353. The van der Waals surface area contributed by atoms with E-state index >= 15 is 0 Å². The van der Waals surface area contributed by atoms with Gasteiger partial charge in [0.25, 0.3) is 0 Å². The van der Waals surface area contributed by atoms with Crippen LogP contribution in [0.25, 0.3) is 11.0 Å². The summed E-state index contributed by atoms with van der Waals surface area (Å²) in [5.41, 5.74) is 8.96. The van der Waals surface area contributed by atoms with Crippen molar-refractivity contribution in [2.45, 2.75) is 38.1 Å². The van der Waals surface area contributed by atoms with Gasteiger partial charge in [0.15, 0.2) is 0 Å². The predicted octanol–water partition coefficient (Wildman–Crippen LogP) is 4.36. The Balaban J connectivity index is 1.79. The summed E-state index contributed by atoms with van der Waals surface area (Å²) in [6.07, 6.45) is 3.60. The first kappa shape index (κ1) is 12.9. The number of hydrogen-bond donors (Lipinski definition) is 1. The average Bonchev–Trinajstić information content (AvgIpc) is 3.05. The second-order valence-corrected chi connectivity index (χ2v) is 7.03. The standard InChI is InChI=1S/C17H19N3S/c1-11(9-14-3-2-8-21-14)20-16-7-6-13(18)10-15(16)19-17(20)12-4-5-12/h2-3,6-8,10-12H,4-5,9,18H2,1H3. The lowest BCUT2D eigenvalue weighted by Gasteiger charge is -2.17. The maximum Gasteiger partial charge on any atom is 0.113 e. The molecule has 1 aliphatic rings. The number of thiophene rings is 1. The molecule has 0 bridgehead atoms. The van der Waals surface area contributed by atoms with Crippen molar-refractivity contribution < 1.29 is 0 Å². The molecule has 0 saturated heterocycles. The van der Waals surface area contributed by atoms with Crippen LogP contribution in [0.15, 0.2) is 35.7 Å². The van der Waals surface area contributed by atoms with Crippen LogP contribution in [0.3, 0.4) is 0 Å². The molecule has 0 aliphatic heterocycles. The van der Waals surface area contributed by atoms with Gasteiger partial charge in [0.1, 0.15) is 5.82 Å². The molecule has 1 atom stereocenters. The Kier molecular flexibility index (Phi) is 3.00. The number of fused-ring (bicyclic) bond motifs is 1. The number of hydrogen-bond acceptors (Lipinski definition) is 3. The monoisotopic (exact) mass is 297 g/mol. The number of imidazole rings is 1. The molecule has 0 radical (unpaired) electrons. The molecular weight excluding hydrogens is 278 g/mol. The average molecular weight is 297 g/mol. The highest BCUT2D eigenvalue weighted by atomic mass is 32.1. The minimum Gasteiger partial charge on any atom is -0.399 e. The molecular formula is C17H19N3S. The molecule has 4 heteroatoms.